The molecular weight excluding hydrogens is 178 g/mol. The number of aromatic nitrogens is 2. The molecule has 0 spiro atoms. The van der Waals surface area contributed by atoms with E-state index in [0.717, 1.165) is 0 Å². The Morgan fingerprint density at radius 3 is 2.42 bits per heavy atom. The van der Waals surface area contributed by atoms with E-state index in [1.54, 1.807) is 5.10 Å². The summed E-state index contributed by atoms with van der Waals surface area (Å²) in [5.41, 5.74) is 3.98. The molecule has 1 rings (SSSR count). The van der Waals surface area contributed by atoms with Crippen LogP contribution in [0.4, 0.5) is 23.4 Å². The fourth-order valence-electron chi connectivity index (χ4n) is 0.626. The normalized spacial score (nSPS) is 12.4. The number of aromatic amines is 1. The number of rotatable bonds is 2. The van der Waals surface area contributed by atoms with E-state index in [0.29, 0.717) is 6.07 Å². The standard InChI is InChI=1S/C5H5F4N3/c6-4(7)5(8,9)2-1-3(10)12-11-2/h1,4H,(H3,10,11,12). The molecule has 1 aromatic rings. The Morgan fingerprint density at radius 1 is 1.50 bits per heavy atom. The maximum Gasteiger partial charge on any atom is 0.348 e. The van der Waals surface area contributed by atoms with Crippen molar-refractivity contribution < 1.29 is 17.6 Å². The summed E-state index contributed by atoms with van der Waals surface area (Å²) in [6.07, 6.45) is -3.77. The van der Waals surface area contributed by atoms with Crippen LogP contribution in [-0.4, -0.2) is 16.6 Å². The monoisotopic (exact) mass is 183 g/mol. The second-order valence-electron chi connectivity index (χ2n) is 2.13. The Morgan fingerprint density at radius 2 is 2.08 bits per heavy atom. The van der Waals surface area contributed by atoms with Crippen molar-refractivity contribution >= 4 is 5.82 Å². The number of H-pyrrole nitrogens is 1. The van der Waals surface area contributed by atoms with E-state index in [1.807, 2.05) is 0 Å². The van der Waals surface area contributed by atoms with Gasteiger partial charge in [-0.1, -0.05) is 0 Å². The van der Waals surface area contributed by atoms with Crippen LogP contribution < -0.4 is 5.73 Å². The summed E-state index contributed by atoms with van der Waals surface area (Å²) in [5.74, 6) is -4.46. The van der Waals surface area contributed by atoms with Gasteiger partial charge in [0.25, 0.3) is 0 Å². The molecule has 0 aliphatic heterocycles. The topological polar surface area (TPSA) is 54.7 Å². The number of hydrogen-bond donors (Lipinski definition) is 2. The number of nitrogen functional groups attached to an aromatic ring is 1. The molecule has 0 aliphatic rings. The summed E-state index contributed by atoms with van der Waals surface area (Å²) in [5, 5.41) is 4.83. The number of hydrogen-bond acceptors (Lipinski definition) is 2. The van der Waals surface area contributed by atoms with Gasteiger partial charge in [-0.25, -0.2) is 8.78 Å². The van der Waals surface area contributed by atoms with Crippen LogP contribution in [0.25, 0.3) is 0 Å². The van der Waals surface area contributed by atoms with E-state index >= 15 is 0 Å². The van der Waals surface area contributed by atoms with E-state index in [2.05, 4.69) is 5.10 Å². The van der Waals surface area contributed by atoms with Gasteiger partial charge in [-0.05, 0) is 0 Å². The van der Waals surface area contributed by atoms with Crippen LogP contribution in [0.3, 0.4) is 0 Å². The SMILES string of the molecule is Nc1cc(C(F)(F)C(F)F)[nH]n1. The van der Waals surface area contributed by atoms with Crippen molar-refractivity contribution in [3.8, 4) is 0 Å². The fourth-order valence-corrected chi connectivity index (χ4v) is 0.626. The summed E-state index contributed by atoms with van der Waals surface area (Å²) in [6.45, 7) is 0. The van der Waals surface area contributed by atoms with Gasteiger partial charge >= 0.3 is 12.3 Å². The Kier molecular flexibility index (Phi) is 1.95. The fraction of sp³-hybridized carbons (Fsp3) is 0.400. The second kappa shape index (κ2) is 2.65. The van der Waals surface area contributed by atoms with Gasteiger partial charge in [-0.3, -0.25) is 5.10 Å². The minimum atomic E-state index is -4.22. The number of anilines is 1. The molecule has 3 nitrogen and oxygen atoms in total. The molecule has 0 saturated heterocycles. The third-order valence-corrected chi connectivity index (χ3v) is 1.23. The highest BCUT2D eigenvalue weighted by atomic mass is 19.3. The van der Waals surface area contributed by atoms with Crippen LogP contribution in [0.5, 0.6) is 0 Å². The summed E-state index contributed by atoms with van der Waals surface area (Å²) in [6, 6.07) is 0.673. The number of alkyl halides is 4. The van der Waals surface area contributed by atoms with E-state index in [9.17, 15) is 17.6 Å². The molecule has 68 valence electrons. The van der Waals surface area contributed by atoms with Crippen LogP contribution in [0.2, 0.25) is 0 Å². The smallest absolute Gasteiger partial charge is 0.348 e. The van der Waals surface area contributed by atoms with Gasteiger partial charge in [0.2, 0.25) is 0 Å². The predicted octanol–water partition coefficient (Wildman–Crippen LogP) is 1.35. The number of halogens is 4. The number of nitrogens with one attached hydrogen (secondary N) is 1. The molecule has 0 radical (unpaired) electrons. The first-order chi connectivity index (χ1) is 5.44. The molecule has 0 unspecified atom stereocenters. The highest BCUT2D eigenvalue weighted by Crippen LogP contribution is 2.33. The van der Waals surface area contributed by atoms with Crippen molar-refractivity contribution in [2.24, 2.45) is 0 Å². The molecular formula is C5H5F4N3. The zero-order chi connectivity index (χ0) is 9.35. The Bertz CT molecular complexity index is 269. The van der Waals surface area contributed by atoms with Crippen molar-refractivity contribution in [2.75, 3.05) is 5.73 Å². The zero-order valence-corrected chi connectivity index (χ0v) is 5.69. The van der Waals surface area contributed by atoms with Crippen LogP contribution >= 0.6 is 0 Å². The maximum atomic E-state index is 12.4. The minimum absolute atomic E-state index is 0.245. The van der Waals surface area contributed by atoms with E-state index in [-0.39, 0.29) is 5.82 Å². The third-order valence-electron chi connectivity index (χ3n) is 1.23. The first-order valence-corrected chi connectivity index (χ1v) is 2.92. The molecule has 3 N–H and O–H groups in total. The van der Waals surface area contributed by atoms with Crippen molar-refractivity contribution in [1.29, 1.82) is 0 Å². The van der Waals surface area contributed by atoms with E-state index in [4.69, 9.17) is 5.73 Å². The Hall–Kier alpha value is -1.27. The zero-order valence-electron chi connectivity index (χ0n) is 5.69. The van der Waals surface area contributed by atoms with Crippen molar-refractivity contribution in [3.63, 3.8) is 0 Å². The average Bonchev–Trinajstić information content (AvgIpc) is 2.35. The number of nitrogens with two attached hydrogens (primary N) is 1. The molecule has 12 heavy (non-hydrogen) atoms. The van der Waals surface area contributed by atoms with E-state index in [1.165, 1.54) is 0 Å². The summed E-state index contributed by atoms with van der Waals surface area (Å²) >= 11 is 0. The lowest BCUT2D eigenvalue weighted by atomic mass is 10.2. The maximum absolute atomic E-state index is 12.4. The van der Waals surface area contributed by atoms with Gasteiger partial charge in [-0.2, -0.15) is 13.9 Å². The lowest BCUT2D eigenvalue weighted by Gasteiger charge is -2.11. The van der Waals surface area contributed by atoms with Crippen LogP contribution in [0, 0.1) is 0 Å². The van der Waals surface area contributed by atoms with Gasteiger partial charge in [0.05, 0.1) is 0 Å². The minimum Gasteiger partial charge on any atom is -0.382 e. The van der Waals surface area contributed by atoms with Crippen LogP contribution in [-0.2, 0) is 5.92 Å². The molecule has 0 saturated carbocycles. The van der Waals surface area contributed by atoms with Gasteiger partial charge < -0.3 is 5.73 Å². The first kappa shape index (κ1) is 8.82. The van der Waals surface area contributed by atoms with Crippen molar-refractivity contribution in [3.05, 3.63) is 11.8 Å². The van der Waals surface area contributed by atoms with Crippen LogP contribution in [0.1, 0.15) is 5.69 Å². The van der Waals surface area contributed by atoms with Crippen molar-refractivity contribution in [2.45, 2.75) is 12.3 Å². The Balaban J connectivity index is 2.97. The molecule has 0 fully saturated rings. The molecule has 7 heteroatoms. The first-order valence-electron chi connectivity index (χ1n) is 2.92. The van der Waals surface area contributed by atoms with Gasteiger partial charge in [-0.15, -0.1) is 0 Å². The molecule has 1 aromatic heterocycles. The quantitative estimate of drug-likeness (QED) is 0.680. The van der Waals surface area contributed by atoms with Gasteiger partial charge in [0.1, 0.15) is 11.5 Å². The lowest BCUT2D eigenvalue weighted by Crippen LogP contribution is -2.23. The molecule has 0 atom stereocenters. The van der Waals surface area contributed by atoms with Gasteiger partial charge in [0.15, 0.2) is 0 Å². The molecule has 1 heterocycles. The van der Waals surface area contributed by atoms with Gasteiger partial charge in [0, 0.05) is 6.07 Å². The highest BCUT2D eigenvalue weighted by molar-refractivity contribution is 5.30. The Labute approximate surface area is 64.6 Å². The summed E-state index contributed by atoms with van der Waals surface area (Å²) < 4.78 is 48.2. The third kappa shape index (κ3) is 1.34. The summed E-state index contributed by atoms with van der Waals surface area (Å²) in [4.78, 5) is 0. The average molecular weight is 183 g/mol. The highest BCUT2D eigenvalue weighted by Gasteiger charge is 2.44. The molecule has 0 aliphatic carbocycles. The van der Waals surface area contributed by atoms with Crippen LogP contribution in [0.15, 0.2) is 6.07 Å². The number of nitrogens with zero attached hydrogens (tertiary/aromatic N) is 1. The molecule has 0 amide bonds. The summed E-state index contributed by atoms with van der Waals surface area (Å²) in [7, 11) is 0. The second-order valence-corrected chi connectivity index (χ2v) is 2.13. The molecule has 0 aromatic carbocycles. The predicted molar refractivity (Wildman–Crippen MR) is 32.9 cm³/mol. The molecule has 0 bridgehead atoms. The van der Waals surface area contributed by atoms with E-state index < -0.39 is 18.0 Å². The lowest BCUT2D eigenvalue weighted by molar-refractivity contribution is -0.137. The largest absolute Gasteiger partial charge is 0.382 e. The van der Waals surface area contributed by atoms with Crippen molar-refractivity contribution in [1.82, 2.24) is 10.2 Å².